The maximum atomic E-state index is 12.4. The lowest BCUT2D eigenvalue weighted by Gasteiger charge is -2.13. The minimum atomic E-state index is -0.357. The molecule has 2 amide bonds. The van der Waals surface area contributed by atoms with Gasteiger partial charge >= 0.3 is 6.03 Å². The standard InChI is InChI=1S/C15H15Cl2N3O2/c1-19(2)15(22)18-13-4-3-7-20(14(13)21)9-10-5-6-11(16)12(17)8-10/h3-8H,9H2,1-2H3,(H,18,22). The number of hydrogen-bond acceptors (Lipinski definition) is 2. The van der Waals surface area contributed by atoms with Crippen LogP contribution in [-0.4, -0.2) is 29.6 Å². The van der Waals surface area contributed by atoms with E-state index in [0.717, 1.165) is 5.56 Å². The quantitative estimate of drug-likeness (QED) is 0.932. The van der Waals surface area contributed by atoms with Crippen molar-refractivity contribution in [1.29, 1.82) is 0 Å². The average Bonchev–Trinajstić information content (AvgIpc) is 2.47. The maximum absolute atomic E-state index is 12.4. The third kappa shape index (κ3) is 3.81. The second kappa shape index (κ2) is 6.85. The van der Waals surface area contributed by atoms with Gasteiger partial charge in [0.15, 0.2) is 0 Å². The lowest BCUT2D eigenvalue weighted by molar-refractivity contribution is 0.230. The molecule has 0 spiro atoms. The number of pyridine rings is 1. The summed E-state index contributed by atoms with van der Waals surface area (Å²) in [6.07, 6.45) is 1.65. The fourth-order valence-corrected chi connectivity index (χ4v) is 2.14. The van der Waals surface area contributed by atoms with Gasteiger partial charge in [-0.1, -0.05) is 29.3 Å². The first-order valence-corrected chi connectivity index (χ1v) is 7.26. The van der Waals surface area contributed by atoms with Crippen molar-refractivity contribution in [3.8, 4) is 0 Å². The molecule has 0 atom stereocenters. The molecule has 0 unspecified atom stereocenters. The molecule has 0 radical (unpaired) electrons. The van der Waals surface area contributed by atoms with E-state index in [1.807, 2.05) is 0 Å². The van der Waals surface area contributed by atoms with Gasteiger partial charge in [0, 0.05) is 20.3 Å². The average molecular weight is 340 g/mol. The van der Waals surface area contributed by atoms with Crippen LogP contribution in [0.3, 0.4) is 0 Å². The van der Waals surface area contributed by atoms with E-state index in [-0.39, 0.29) is 17.3 Å². The Morgan fingerprint density at radius 2 is 1.95 bits per heavy atom. The molecule has 1 heterocycles. The molecule has 2 aromatic rings. The summed E-state index contributed by atoms with van der Waals surface area (Å²) in [4.78, 5) is 25.4. The number of aromatic nitrogens is 1. The summed E-state index contributed by atoms with van der Waals surface area (Å²) in [5.74, 6) is 0. The highest BCUT2D eigenvalue weighted by molar-refractivity contribution is 6.42. The van der Waals surface area contributed by atoms with E-state index in [9.17, 15) is 9.59 Å². The Labute approximate surface area is 138 Å². The van der Waals surface area contributed by atoms with Gasteiger partial charge in [-0.15, -0.1) is 0 Å². The summed E-state index contributed by atoms with van der Waals surface area (Å²) in [5.41, 5.74) is 0.776. The highest BCUT2D eigenvalue weighted by Crippen LogP contribution is 2.22. The van der Waals surface area contributed by atoms with Gasteiger partial charge in [0.05, 0.1) is 16.6 Å². The first kappa shape index (κ1) is 16.4. The van der Waals surface area contributed by atoms with Crippen LogP contribution in [0.15, 0.2) is 41.3 Å². The Bertz CT molecular complexity index is 757. The van der Waals surface area contributed by atoms with Crippen molar-refractivity contribution in [3.05, 3.63) is 62.5 Å². The molecule has 0 aliphatic heterocycles. The molecule has 1 aromatic carbocycles. The molecule has 0 saturated heterocycles. The molecular formula is C15H15Cl2N3O2. The van der Waals surface area contributed by atoms with Crippen LogP contribution in [0.5, 0.6) is 0 Å². The number of anilines is 1. The van der Waals surface area contributed by atoms with Gasteiger partial charge in [-0.25, -0.2) is 4.79 Å². The maximum Gasteiger partial charge on any atom is 0.321 e. The first-order chi connectivity index (χ1) is 10.4. The summed E-state index contributed by atoms with van der Waals surface area (Å²) in [7, 11) is 3.21. The van der Waals surface area contributed by atoms with E-state index in [1.165, 1.54) is 9.47 Å². The van der Waals surface area contributed by atoms with Crippen molar-refractivity contribution in [1.82, 2.24) is 9.47 Å². The zero-order valence-electron chi connectivity index (χ0n) is 12.1. The molecule has 1 N–H and O–H groups in total. The topological polar surface area (TPSA) is 54.3 Å². The smallest absolute Gasteiger partial charge is 0.321 e. The Hall–Kier alpha value is -1.98. The van der Waals surface area contributed by atoms with Crippen molar-refractivity contribution < 1.29 is 4.79 Å². The Morgan fingerprint density at radius 1 is 1.23 bits per heavy atom. The van der Waals surface area contributed by atoms with Gasteiger partial charge in [0.2, 0.25) is 0 Å². The molecule has 0 fully saturated rings. The molecule has 2 rings (SSSR count). The highest BCUT2D eigenvalue weighted by atomic mass is 35.5. The molecule has 1 aromatic heterocycles. The molecule has 7 heteroatoms. The van der Waals surface area contributed by atoms with Crippen molar-refractivity contribution >= 4 is 34.9 Å². The van der Waals surface area contributed by atoms with E-state index in [0.29, 0.717) is 16.6 Å². The van der Waals surface area contributed by atoms with E-state index >= 15 is 0 Å². The molecular weight excluding hydrogens is 325 g/mol. The zero-order valence-corrected chi connectivity index (χ0v) is 13.6. The van der Waals surface area contributed by atoms with Crippen molar-refractivity contribution in [2.75, 3.05) is 19.4 Å². The number of urea groups is 1. The number of carbonyl (C=O) groups excluding carboxylic acids is 1. The Kier molecular flexibility index (Phi) is 5.11. The van der Waals surface area contributed by atoms with E-state index in [2.05, 4.69) is 5.32 Å². The lowest BCUT2D eigenvalue weighted by Crippen LogP contribution is -2.31. The summed E-state index contributed by atoms with van der Waals surface area (Å²) in [6.45, 7) is 0.335. The van der Waals surface area contributed by atoms with Gasteiger partial charge in [0.25, 0.3) is 5.56 Å². The molecule has 0 aliphatic carbocycles. The number of halogens is 2. The largest absolute Gasteiger partial charge is 0.331 e. The molecule has 116 valence electrons. The Morgan fingerprint density at radius 3 is 2.59 bits per heavy atom. The highest BCUT2D eigenvalue weighted by Gasteiger charge is 2.09. The number of nitrogens with one attached hydrogen (secondary N) is 1. The fourth-order valence-electron chi connectivity index (χ4n) is 1.82. The van der Waals surface area contributed by atoms with Crippen LogP contribution >= 0.6 is 23.2 Å². The summed E-state index contributed by atoms with van der Waals surface area (Å²) in [5, 5.41) is 3.46. The molecule has 5 nitrogen and oxygen atoms in total. The molecule has 22 heavy (non-hydrogen) atoms. The number of carbonyl (C=O) groups is 1. The van der Waals surface area contributed by atoms with E-state index < -0.39 is 0 Å². The van der Waals surface area contributed by atoms with Crippen LogP contribution in [0, 0.1) is 0 Å². The Balaban J connectivity index is 2.27. The predicted octanol–water partition coefficient (Wildman–Crippen LogP) is 3.30. The van der Waals surface area contributed by atoms with Crippen LogP contribution in [-0.2, 0) is 6.54 Å². The number of rotatable bonds is 3. The van der Waals surface area contributed by atoms with Crippen LogP contribution < -0.4 is 10.9 Å². The lowest BCUT2D eigenvalue weighted by atomic mass is 10.2. The second-order valence-corrected chi connectivity index (χ2v) is 5.74. The third-order valence-electron chi connectivity index (χ3n) is 3.00. The second-order valence-electron chi connectivity index (χ2n) is 4.93. The number of nitrogens with zero attached hydrogens (tertiary/aromatic N) is 2. The summed E-state index contributed by atoms with van der Waals surface area (Å²) >= 11 is 11.8. The number of hydrogen-bond donors (Lipinski definition) is 1. The molecule has 0 bridgehead atoms. The summed E-state index contributed by atoms with van der Waals surface area (Å²) < 4.78 is 1.49. The van der Waals surface area contributed by atoms with Crippen molar-refractivity contribution in [2.24, 2.45) is 0 Å². The molecule has 0 aliphatic rings. The van der Waals surface area contributed by atoms with Crippen LogP contribution in [0.1, 0.15) is 5.56 Å². The first-order valence-electron chi connectivity index (χ1n) is 6.50. The van der Waals surface area contributed by atoms with Gasteiger partial charge in [0.1, 0.15) is 5.69 Å². The van der Waals surface area contributed by atoms with E-state index in [4.69, 9.17) is 23.2 Å². The normalized spacial score (nSPS) is 10.4. The van der Waals surface area contributed by atoms with Crippen LogP contribution in [0.25, 0.3) is 0 Å². The fraction of sp³-hybridized carbons (Fsp3) is 0.200. The van der Waals surface area contributed by atoms with Crippen LogP contribution in [0.4, 0.5) is 10.5 Å². The van der Waals surface area contributed by atoms with Gasteiger partial charge < -0.3 is 14.8 Å². The number of benzene rings is 1. The predicted molar refractivity (Wildman–Crippen MR) is 89.0 cm³/mol. The van der Waals surface area contributed by atoms with Gasteiger partial charge in [-0.05, 0) is 29.8 Å². The minimum Gasteiger partial charge on any atom is -0.331 e. The monoisotopic (exact) mass is 339 g/mol. The van der Waals surface area contributed by atoms with Crippen molar-refractivity contribution in [3.63, 3.8) is 0 Å². The SMILES string of the molecule is CN(C)C(=O)Nc1cccn(Cc2ccc(Cl)c(Cl)c2)c1=O. The zero-order chi connectivity index (χ0) is 16.3. The molecule has 0 saturated carbocycles. The number of amides is 2. The minimum absolute atomic E-state index is 0.223. The van der Waals surface area contributed by atoms with Gasteiger partial charge in [-0.3, -0.25) is 4.79 Å². The van der Waals surface area contributed by atoms with Crippen LogP contribution in [0.2, 0.25) is 10.0 Å². The van der Waals surface area contributed by atoms with Gasteiger partial charge in [-0.2, -0.15) is 0 Å². The van der Waals surface area contributed by atoms with E-state index in [1.54, 1.807) is 50.6 Å². The van der Waals surface area contributed by atoms with Crippen molar-refractivity contribution in [2.45, 2.75) is 6.54 Å². The third-order valence-corrected chi connectivity index (χ3v) is 3.74. The summed E-state index contributed by atoms with van der Waals surface area (Å²) in [6, 6.07) is 8.10.